The standard InChI is InChI=1S/C27H30Cl2F2N4/c28-22-8-4-20(5-9-22)25-26(21-6-10-23(29)11-7-21)35(34-14-2-1-3-15-34)19-24(32-25)18-33-16-12-27(30,31)13-17-33/h4-11H,1-3,12-19H2. The molecule has 35 heavy (non-hydrogen) atoms. The molecule has 0 spiro atoms. The molecule has 0 unspecified atom stereocenters. The minimum Gasteiger partial charge on any atom is -0.297 e. The number of hydrogen-bond donors (Lipinski definition) is 0. The zero-order valence-electron chi connectivity index (χ0n) is 19.7. The molecule has 0 aromatic heterocycles. The lowest BCUT2D eigenvalue weighted by atomic mass is 10.0. The van der Waals surface area contributed by atoms with E-state index in [2.05, 4.69) is 14.9 Å². The van der Waals surface area contributed by atoms with E-state index in [4.69, 9.17) is 28.2 Å². The number of rotatable bonds is 5. The molecule has 0 amide bonds. The van der Waals surface area contributed by atoms with Crippen molar-refractivity contribution in [2.45, 2.75) is 38.0 Å². The van der Waals surface area contributed by atoms with Gasteiger partial charge in [-0.3, -0.25) is 14.9 Å². The van der Waals surface area contributed by atoms with E-state index in [1.54, 1.807) is 0 Å². The number of piperidine rings is 2. The first-order chi connectivity index (χ1) is 16.9. The van der Waals surface area contributed by atoms with Gasteiger partial charge in [0.15, 0.2) is 0 Å². The van der Waals surface area contributed by atoms with Crippen molar-refractivity contribution in [3.8, 4) is 0 Å². The summed E-state index contributed by atoms with van der Waals surface area (Å²) in [5.74, 6) is -2.55. The highest BCUT2D eigenvalue weighted by molar-refractivity contribution is 6.31. The molecule has 2 saturated heterocycles. The third kappa shape index (κ3) is 5.88. The second kappa shape index (κ2) is 10.6. The zero-order valence-corrected chi connectivity index (χ0v) is 21.2. The molecule has 3 aliphatic heterocycles. The maximum Gasteiger partial charge on any atom is 0.250 e. The van der Waals surface area contributed by atoms with Gasteiger partial charge in [0.05, 0.1) is 23.7 Å². The fourth-order valence-electron chi connectivity index (χ4n) is 5.06. The number of nitrogens with zero attached hydrogens (tertiary/aromatic N) is 4. The Morgan fingerprint density at radius 3 is 1.94 bits per heavy atom. The average molecular weight is 519 g/mol. The van der Waals surface area contributed by atoms with Crippen LogP contribution in [0, 0.1) is 0 Å². The molecular formula is C27H30Cl2F2N4. The van der Waals surface area contributed by atoms with Crippen molar-refractivity contribution in [2.75, 3.05) is 39.3 Å². The van der Waals surface area contributed by atoms with Crippen LogP contribution in [-0.4, -0.2) is 65.8 Å². The molecule has 0 N–H and O–H groups in total. The predicted octanol–water partition coefficient (Wildman–Crippen LogP) is 6.71. The number of likely N-dealkylation sites (tertiary alicyclic amines) is 1. The van der Waals surface area contributed by atoms with Gasteiger partial charge in [0, 0.05) is 66.7 Å². The van der Waals surface area contributed by atoms with Gasteiger partial charge < -0.3 is 0 Å². The normalized spacial score (nSPS) is 21.8. The summed E-state index contributed by atoms with van der Waals surface area (Å²) in [5, 5.41) is 6.13. The van der Waals surface area contributed by atoms with Gasteiger partial charge in [-0.25, -0.2) is 13.8 Å². The van der Waals surface area contributed by atoms with Crippen LogP contribution < -0.4 is 0 Å². The largest absolute Gasteiger partial charge is 0.297 e. The average Bonchev–Trinajstić information content (AvgIpc) is 2.86. The van der Waals surface area contributed by atoms with E-state index >= 15 is 0 Å². The zero-order chi connectivity index (χ0) is 24.4. The van der Waals surface area contributed by atoms with Crippen molar-refractivity contribution in [1.29, 1.82) is 0 Å². The van der Waals surface area contributed by atoms with Crippen molar-refractivity contribution in [1.82, 2.24) is 14.9 Å². The van der Waals surface area contributed by atoms with Crippen molar-refractivity contribution < 1.29 is 8.78 Å². The summed E-state index contributed by atoms with van der Waals surface area (Å²) in [6.07, 6.45) is 3.35. The monoisotopic (exact) mass is 518 g/mol. The molecule has 0 atom stereocenters. The van der Waals surface area contributed by atoms with E-state index in [9.17, 15) is 8.78 Å². The number of aliphatic imine (C=N–C) groups is 1. The van der Waals surface area contributed by atoms with E-state index in [1.807, 2.05) is 48.5 Å². The summed E-state index contributed by atoms with van der Waals surface area (Å²) in [5.41, 5.74) is 4.93. The molecule has 4 nitrogen and oxygen atoms in total. The maximum atomic E-state index is 13.7. The van der Waals surface area contributed by atoms with Crippen molar-refractivity contribution >= 4 is 40.3 Å². The van der Waals surface area contributed by atoms with Gasteiger partial charge in [0.2, 0.25) is 0 Å². The Morgan fingerprint density at radius 2 is 1.34 bits per heavy atom. The smallest absolute Gasteiger partial charge is 0.250 e. The molecule has 2 aromatic rings. The Hall–Kier alpha value is -1.99. The molecule has 0 saturated carbocycles. The van der Waals surface area contributed by atoms with Crippen LogP contribution in [0.25, 0.3) is 11.4 Å². The Morgan fingerprint density at radius 1 is 0.771 bits per heavy atom. The van der Waals surface area contributed by atoms with Gasteiger partial charge in [-0.05, 0) is 37.1 Å². The fraction of sp³-hybridized carbons (Fsp3) is 0.444. The van der Waals surface area contributed by atoms with Crippen molar-refractivity contribution in [3.05, 3.63) is 69.7 Å². The second-order valence-electron chi connectivity index (χ2n) is 9.59. The molecule has 0 aliphatic carbocycles. The molecule has 2 fully saturated rings. The molecule has 5 rings (SSSR count). The lowest BCUT2D eigenvalue weighted by Crippen LogP contribution is -2.50. The van der Waals surface area contributed by atoms with E-state index in [1.165, 1.54) is 6.42 Å². The lowest BCUT2D eigenvalue weighted by Gasteiger charge is -2.43. The molecule has 8 heteroatoms. The highest BCUT2D eigenvalue weighted by Gasteiger charge is 2.35. The predicted molar refractivity (Wildman–Crippen MR) is 140 cm³/mol. The summed E-state index contributed by atoms with van der Waals surface area (Å²) in [7, 11) is 0. The number of hydrazine groups is 1. The van der Waals surface area contributed by atoms with Gasteiger partial charge in [0.1, 0.15) is 0 Å². The molecule has 186 valence electrons. The van der Waals surface area contributed by atoms with E-state index < -0.39 is 5.92 Å². The van der Waals surface area contributed by atoms with Crippen LogP contribution in [0.3, 0.4) is 0 Å². The minimum absolute atomic E-state index is 0.0912. The summed E-state index contributed by atoms with van der Waals surface area (Å²) < 4.78 is 27.5. The van der Waals surface area contributed by atoms with Crippen LogP contribution in [0.2, 0.25) is 10.0 Å². The van der Waals surface area contributed by atoms with Crippen LogP contribution in [0.4, 0.5) is 8.78 Å². The molecular weight excluding hydrogens is 489 g/mol. The first kappa shape index (κ1) is 24.7. The number of alkyl halides is 2. The lowest BCUT2D eigenvalue weighted by molar-refractivity contribution is -0.0526. The Kier molecular flexibility index (Phi) is 7.44. The topological polar surface area (TPSA) is 22.1 Å². The summed E-state index contributed by atoms with van der Waals surface area (Å²) in [6, 6.07) is 15.6. The van der Waals surface area contributed by atoms with Crippen LogP contribution in [0.15, 0.2) is 53.5 Å². The molecule has 2 aromatic carbocycles. The second-order valence-corrected chi connectivity index (χ2v) is 10.5. The van der Waals surface area contributed by atoms with E-state index in [0.29, 0.717) is 36.2 Å². The SMILES string of the molecule is FC1(F)CCN(CC2=NC(c3ccc(Cl)cc3)=C(c3ccc(Cl)cc3)N(N3CCCCC3)C2)CC1. The summed E-state index contributed by atoms with van der Waals surface area (Å²) >= 11 is 12.4. The van der Waals surface area contributed by atoms with Crippen LogP contribution in [-0.2, 0) is 0 Å². The third-order valence-corrected chi connectivity index (χ3v) is 7.49. The van der Waals surface area contributed by atoms with Gasteiger partial charge >= 0.3 is 0 Å². The quantitative estimate of drug-likeness (QED) is 0.439. The molecule has 0 radical (unpaired) electrons. The highest BCUT2D eigenvalue weighted by Crippen LogP contribution is 2.37. The first-order valence-corrected chi connectivity index (χ1v) is 13.1. The third-order valence-electron chi connectivity index (χ3n) is 6.99. The Bertz CT molecular complexity index is 1080. The first-order valence-electron chi connectivity index (χ1n) is 12.3. The number of halogens is 4. The van der Waals surface area contributed by atoms with Crippen molar-refractivity contribution in [3.63, 3.8) is 0 Å². The molecule has 3 heterocycles. The number of hydrogen-bond acceptors (Lipinski definition) is 4. The Balaban J connectivity index is 1.57. The molecule has 0 bridgehead atoms. The summed E-state index contributed by atoms with van der Waals surface area (Å²) in [4.78, 5) is 7.27. The molecule has 3 aliphatic rings. The van der Waals surface area contributed by atoms with Gasteiger partial charge in [-0.2, -0.15) is 0 Å². The Labute approximate surface area is 215 Å². The van der Waals surface area contributed by atoms with Crippen molar-refractivity contribution in [2.24, 2.45) is 4.99 Å². The summed E-state index contributed by atoms with van der Waals surface area (Å²) in [6.45, 7) is 3.97. The van der Waals surface area contributed by atoms with Crippen LogP contribution in [0.5, 0.6) is 0 Å². The van der Waals surface area contributed by atoms with Crippen LogP contribution in [0.1, 0.15) is 43.2 Å². The van der Waals surface area contributed by atoms with E-state index in [-0.39, 0.29) is 12.8 Å². The maximum absolute atomic E-state index is 13.7. The van der Waals surface area contributed by atoms with Gasteiger partial charge in [-0.15, -0.1) is 0 Å². The fourth-order valence-corrected chi connectivity index (χ4v) is 5.32. The number of benzene rings is 2. The minimum atomic E-state index is -2.55. The van der Waals surface area contributed by atoms with Gasteiger partial charge in [0.25, 0.3) is 5.92 Å². The van der Waals surface area contributed by atoms with Crippen LogP contribution >= 0.6 is 23.2 Å². The van der Waals surface area contributed by atoms with E-state index in [0.717, 1.165) is 54.2 Å². The van der Waals surface area contributed by atoms with Gasteiger partial charge in [-0.1, -0.05) is 53.9 Å². The highest BCUT2D eigenvalue weighted by atomic mass is 35.5.